The quantitative estimate of drug-likeness (QED) is 0.0676. The van der Waals surface area contributed by atoms with Crippen LogP contribution in [0.15, 0.2) is 83.8 Å². The molecule has 0 aliphatic heterocycles. The second kappa shape index (κ2) is 13.8. The molecule has 0 aliphatic carbocycles. The van der Waals surface area contributed by atoms with Gasteiger partial charge in [0.05, 0.1) is 0 Å². The number of thioether (sulfide) groups is 1. The SMILES string of the molecule is Cc1cc(SC(Cc2ccc(-c3cc(F)c(F)c(F)c3)cc2)c2[se]c(-c3ccc(C(F)(F)F)cc3)nc2C)ccc1OCC(=O)O. The first-order valence-electron chi connectivity index (χ1n) is 13.8. The zero-order valence-electron chi connectivity index (χ0n) is 24.3. The summed E-state index contributed by atoms with van der Waals surface area (Å²) in [7, 11) is 0. The van der Waals surface area contributed by atoms with E-state index in [1.807, 2.05) is 38.1 Å². The maximum absolute atomic E-state index is 13.8. The summed E-state index contributed by atoms with van der Waals surface area (Å²) in [5.41, 5.74) is 3.01. The second-order valence-electron chi connectivity index (χ2n) is 10.4. The Hall–Kier alpha value is -3.99. The van der Waals surface area contributed by atoms with Crippen molar-refractivity contribution in [1.82, 2.24) is 4.98 Å². The molecule has 1 atom stereocenters. The van der Waals surface area contributed by atoms with Gasteiger partial charge in [0.1, 0.15) is 0 Å². The summed E-state index contributed by atoms with van der Waals surface area (Å²) in [6.45, 7) is 3.21. The second-order valence-corrected chi connectivity index (χ2v) is 13.9. The number of carboxylic acid groups (broad SMARTS) is 1. The fraction of sp³-hybridized carbons (Fsp3) is 0.176. The predicted molar refractivity (Wildman–Crippen MR) is 165 cm³/mol. The van der Waals surface area contributed by atoms with Gasteiger partial charge in [-0.3, -0.25) is 0 Å². The number of aliphatic carboxylic acids is 1. The molecule has 0 saturated carbocycles. The molecular weight excluding hydrogens is 695 g/mol. The Morgan fingerprint density at radius 1 is 0.891 bits per heavy atom. The molecule has 12 heteroatoms. The fourth-order valence-corrected chi connectivity index (χ4v) is 8.79. The molecule has 0 amide bonds. The summed E-state index contributed by atoms with van der Waals surface area (Å²) in [6.07, 6.45) is -3.92. The molecule has 1 unspecified atom stereocenters. The number of aryl methyl sites for hydroxylation is 2. The van der Waals surface area contributed by atoms with Gasteiger partial charge in [0.25, 0.3) is 0 Å². The van der Waals surface area contributed by atoms with Gasteiger partial charge in [-0.1, -0.05) is 0 Å². The van der Waals surface area contributed by atoms with Gasteiger partial charge in [0.15, 0.2) is 0 Å². The molecule has 0 saturated heterocycles. The Morgan fingerprint density at radius 3 is 2.11 bits per heavy atom. The van der Waals surface area contributed by atoms with Crippen LogP contribution in [0.25, 0.3) is 21.3 Å². The van der Waals surface area contributed by atoms with Crippen LogP contribution in [0.2, 0.25) is 0 Å². The van der Waals surface area contributed by atoms with Crippen LogP contribution in [-0.4, -0.2) is 37.2 Å². The van der Waals surface area contributed by atoms with Gasteiger partial charge < -0.3 is 0 Å². The summed E-state index contributed by atoms with van der Waals surface area (Å²) in [4.78, 5) is 16.6. The summed E-state index contributed by atoms with van der Waals surface area (Å²) in [5, 5.41) is 8.81. The van der Waals surface area contributed by atoms with Crippen molar-refractivity contribution in [2.45, 2.75) is 36.6 Å². The van der Waals surface area contributed by atoms with E-state index in [2.05, 4.69) is 0 Å². The molecule has 0 radical (unpaired) electrons. The molecular formula is C34H25F6NO3SSe. The number of halogens is 6. The first kappa shape index (κ1) is 33.4. The van der Waals surface area contributed by atoms with Gasteiger partial charge in [-0.25, -0.2) is 0 Å². The number of nitrogens with zero attached hydrogens (tertiary/aromatic N) is 1. The molecule has 46 heavy (non-hydrogen) atoms. The van der Waals surface area contributed by atoms with E-state index in [0.717, 1.165) is 50.4 Å². The van der Waals surface area contributed by atoms with E-state index >= 15 is 0 Å². The molecule has 238 valence electrons. The van der Waals surface area contributed by atoms with Crippen molar-refractivity contribution in [2.24, 2.45) is 0 Å². The van der Waals surface area contributed by atoms with Crippen LogP contribution in [0.4, 0.5) is 26.3 Å². The Kier molecular flexibility index (Phi) is 10.0. The molecule has 1 aromatic heterocycles. The molecule has 1 N–H and O–H groups in total. The van der Waals surface area contributed by atoms with Crippen LogP contribution >= 0.6 is 11.8 Å². The zero-order valence-corrected chi connectivity index (χ0v) is 26.8. The molecule has 5 aromatic rings. The number of rotatable bonds is 10. The number of ether oxygens (including phenoxy) is 1. The van der Waals surface area contributed by atoms with E-state index < -0.39 is 41.8 Å². The van der Waals surface area contributed by atoms with Crippen molar-refractivity contribution >= 4 is 32.2 Å². The maximum atomic E-state index is 13.8. The van der Waals surface area contributed by atoms with Gasteiger partial charge in [-0.05, 0) is 0 Å². The van der Waals surface area contributed by atoms with Crippen LogP contribution < -0.4 is 4.74 Å². The van der Waals surface area contributed by atoms with E-state index in [4.69, 9.17) is 14.8 Å². The van der Waals surface area contributed by atoms with Gasteiger partial charge >= 0.3 is 272 Å². The van der Waals surface area contributed by atoms with Crippen molar-refractivity contribution < 1.29 is 41.0 Å². The van der Waals surface area contributed by atoms with Crippen molar-refractivity contribution in [3.63, 3.8) is 0 Å². The van der Waals surface area contributed by atoms with Crippen molar-refractivity contribution in [1.29, 1.82) is 0 Å². The third kappa shape index (κ3) is 7.86. The number of benzene rings is 4. The number of carbonyl (C=O) groups is 1. The summed E-state index contributed by atoms with van der Waals surface area (Å²) in [6, 6.07) is 19.3. The van der Waals surface area contributed by atoms with Crippen LogP contribution in [0.1, 0.15) is 32.1 Å². The van der Waals surface area contributed by atoms with E-state index in [1.165, 1.54) is 12.1 Å². The first-order valence-corrected chi connectivity index (χ1v) is 16.4. The number of hydrogen-bond donors (Lipinski definition) is 1. The van der Waals surface area contributed by atoms with Crippen molar-refractivity contribution in [3.8, 4) is 27.0 Å². The fourth-order valence-electron chi connectivity index (χ4n) is 4.75. The van der Waals surface area contributed by atoms with Crippen LogP contribution in [-0.2, 0) is 17.4 Å². The minimum absolute atomic E-state index is 0.146. The van der Waals surface area contributed by atoms with Crippen molar-refractivity contribution in [3.05, 3.63) is 123 Å². The standard InChI is InChI=1S/C34H25F6NO3SSe/c1-18-13-25(11-12-28(18)44-17-30(42)43)45-29(14-20-3-5-21(6-4-20)23-15-26(35)31(37)27(36)16-23)32-19(2)41-33(46-32)22-7-9-24(10-8-22)34(38,39)40/h3-13,15-16,29H,14,17H2,1-2H3,(H,42,43). The number of aromatic nitrogens is 1. The average molecular weight is 721 g/mol. The first-order chi connectivity index (χ1) is 21.8. The third-order valence-electron chi connectivity index (χ3n) is 7.05. The molecule has 0 bridgehead atoms. The number of alkyl halides is 3. The van der Waals surface area contributed by atoms with Crippen molar-refractivity contribution in [2.75, 3.05) is 6.61 Å². The van der Waals surface area contributed by atoms with Gasteiger partial charge in [0, 0.05) is 0 Å². The molecule has 0 aliphatic rings. The monoisotopic (exact) mass is 721 g/mol. The van der Waals surface area contributed by atoms with Crippen LogP contribution in [0.5, 0.6) is 5.75 Å². The molecule has 5 rings (SSSR count). The zero-order chi connectivity index (χ0) is 33.2. The topological polar surface area (TPSA) is 59.4 Å². The van der Waals surface area contributed by atoms with E-state index in [9.17, 15) is 31.1 Å². The Morgan fingerprint density at radius 2 is 1.52 bits per heavy atom. The Labute approximate surface area is 270 Å². The molecule has 1 heterocycles. The molecule has 0 fully saturated rings. The van der Waals surface area contributed by atoms with Gasteiger partial charge in [-0.15, -0.1) is 0 Å². The van der Waals surface area contributed by atoms with E-state index in [-0.39, 0.29) is 25.3 Å². The van der Waals surface area contributed by atoms with E-state index in [1.54, 1.807) is 30.0 Å². The average Bonchev–Trinajstić information content (AvgIpc) is 3.40. The van der Waals surface area contributed by atoms with Gasteiger partial charge in [0.2, 0.25) is 0 Å². The summed E-state index contributed by atoms with van der Waals surface area (Å²) < 4.78 is 87.6. The van der Waals surface area contributed by atoms with Crippen LogP contribution in [0.3, 0.4) is 0 Å². The molecule has 0 spiro atoms. The summed E-state index contributed by atoms with van der Waals surface area (Å²) in [5.74, 6) is -4.73. The molecule has 4 aromatic carbocycles. The third-order valence-corrected chi connectivity index (χ3v) is 11.4. The van der Waals surface area contributed by atoms with Crippen LogP contribution in [0, 0.1) is 31.3 Å². The molecule has 4 nitrogen and oxygen atoms in total. The number of hydrogen-bond acceptors (Lipinski definition) is 4. The van der Waals surface area contributed by atoms with E-state index in [0.29, 0.717) is 27.9 Å². The Balaban J connectivity index is 1.46. The van der Waals surface area contributed by atoms with Gasteiger partial charge in [-0.2, -0.15) is 0 Å². The number of carboxylic acids is 1. The minimum atomic E-state index is -4.44. The Bertz CT molecular complexity index is 1850. The predicted octanol–water partition coefficient (Wildman–Crippen LogP) is 9.07. The summed E-state index contributed by atoms with van der Waals surface area (Å²) >= 11 is 1.26. The normalized spacial score (nSPS) is 12.3.